The Morgan fingerprint density at radius 2 is 1.85 bits per heavy atom. The molecule has 0 atom stereocenters. The van der Waals surface area contributed by atoms with E-state index in [2.05, 4.69) is 0 Å². The predicted octanol–water partition coefficient (Wildman–Crippen LogP) is 3.21. The van der Waals surface area contributed by atoms with Crippen LogP contribution in [0.4, 0.5) is 10.1 Å². The first-order valence-corrected chi connectivity index (χ1v) is 6.35. The van der Waals surface area contributed by atoms with Crippen molar-refractivity contribution in [3.05, 3.63) is 64.4 Å². The SMILES string of the molecule is O=C1C(=O)N(Cc2cc(F)ccc2Cl)c2ccccc21. The van der Waals surface area contributed by atoms with Crippen molar-refractivity contribution in [2.24, 2.45) is 0 Å². The van der Waals surface area contributed by atoms with E-state index in [9.17, 15) is 14.0 Å². The van der Waals surface area contributed by atoms with Crippen LogP contribution in [0.1, 0.15) is 15.9 Å². The van der Waals surface area contributed by atoms with Gasteiger partial charge in [0, 0.05) is 5.02 Å². The molecule has 0 aromatic heterocycles. The van der Waals surface area contributed by atoms with Gasteiger partial charge in [0.15, 0.2) is 0 Å². The highest BCUT2D eigenvalue weighted by atomic mass is 35.5. The monoisotopic (exact) mass is 289 g/mol. The number of fused-ring (bicyclic) bond motifs is 1. The van der Waals surface area contributed by atoms with Crippen molar-refractivity contribution in [3.8, 4) is 0 Å². The summed E-state index contributed by atoms with van der Waals surface area (Å²) in [6.45, 7) is 0.0676. The van der Waals surface area contributed by atoms with E-state index in [0.29, 0.717) is 21.8 Å². The largest absolute Gasteiger partial charge is 0.300 e. The van der Waals surface area contributed by atoms with Crippen molar-refractivity contribution in [2.75, 3.05) is 4.90 Å². The third kappa shape index (κ3) is 1.98. The van der Waals surface area contributed by atoms with E-state index < -0.39 is 17.5 Å². The Morgan fingerprint density at radius 3 is 2.65 bits per heavy atom. The normalized spacial score (nSPS) is 13.8. The van der Waals surface area contributed by atoms with Crippen molar-refractivity contribution in [1.82, 2.24) is 0 Å². The number of amides is 1. The number of rotatable bonds is 2. The van der Waals surface area contributed by atoms with Crippen LogP contribution >= 0.6 is 11.6 Å². The number of nitrogens with zero attached hydrogens (tertiary/aromatic N) is 1. The maximum Gasteiger partial charge on any atom is 0.299 e. The molecule has 1 aliphatic rings. The summed E-state index contributed by atoms with van der Waals surface area (Å²) in [7, 11) is 0. The summed E-state index contributed by atoms with van der Waals surface area (Å²) >= 11 is 6.00. The summed E-state index contributed by atoms with van der Waals surface area (Å²) in [5.74, 6) is -1.60. The van der Waals surface area contributed by atoms with E-state index in [0.717, 1.165) is 0 Å². The van der Waals surface area contributed by atoms with E-state index >= 15 is 0 Å². The van der Waals surface area contributed by atoms with Gasteiger partial charge in [-0.25, -0.2) is 4.39 Å². The molecule has 0 bridgehead atoms. The van der Waals surface area contributed by atoms with Crippen LogP contribution in [0.15, 0.2) is 42.5 Å². The molecule has 2 aromatic carbocycles. The number of carbonyl (C=O) groups excluding carboxylic acids is 2. The fraction of sp³-hybridized carbons (Fsp3) is 0.0667. The Morgan fingerprint density at radius 1 is 1.10 bits per heavy atom. The minimum Gasteiger partial charge on any atom is -0.300 e. The highest BCUT2D eigenvalue weighted by Gasteiger charge is 2.35. The second-order valence-electron chi connectivity index (χ2n) is 4.47. The summed E-state index contributed by atoms with van der Waals surface area (Å²) in [4.78, 5) is 25.2. The summed E-state index contributed by atoms with van der Waals surface area (Å²) in [6, 6.07) is 10.7. The van der Waals surface area contributed by atoms with Gasteiger partial charge in [0.1, 0.15) is 5.82 Å². The average molecular weight is 290 g/mol. The number of halogens is 2. The molecule has 3 rings (SSSR count). The lowest BCUT2D eigenvalue weighted by atomic mass is 10.1. The van der Waals surface area contributed by atoms with Gasteiger partial charge < -0.3 is 4.90 Å². The standard InChI is InChI=1S/C15H9ClFNO2/c16-12-6-5-10(17)7-9(12)8-18-13-4-2-1-3-11(13)14(19)15(18)20/h1-7H,8H2. The van der Waals surface area contributed by atoms with Gasteiger partial charge in [0.05, 0.1) is 17.8 Å². The van der Waals surface area contributed by atoms with E-state index in [1.807, 2.05) is 0 Å². The molecular weight excluding hydrogens is 281 g/mol. The van der Waals surface area contributed by atoms with Crippen LogP contribution in [-0.2, 0) is 11.3 Å². The molecule has 0 unspecified atom stereocenters. The van der Waals surface area contributed by atoms with Crippen LogP contribution in [0.25, 0.3) is 0 Å². The molecule has 20 heavy (non-hydrogen) atoms. The van der Waals surface area contributed by atoms with Gasteiger partial charge in [-0.3, -0.25) is 9.59 Å². The fourth-order valence-electron chi connectivity index (χ4n) is 2.24. The Bertz CT molecular complexity index is 730. The van der Waals surface area contributed by atoms with Gasteiger partial charge in [-0.15, -0.1) is 0 Å². The Labute approximate surface area is 119 Å². The van der Waals surface area contributed by atoms with Crippen molar-refractivity contribution in [3.63, 3.8) is 0 Å². The van der Waals surface area contributed by atoms with Gasteiger partial charge in [-0.1, -0.05) is 23.7 Å². The minimum atomic E-state index is -0.619. The van der Waals surface area contributed by atoms with E-state index in [1.165, 1.54) is 23.1 Å². The summed E-state index contributed by atoms with van der Waals surface area (Å²) in [6.07, 6.45) is 0. The molecule has 1 heterocycles. The lowest BCUT2D eigenvalue weighted by Crippen LogP contribution is -2.29. The molecule has 100 valence electrons. The van der Waals surface area contributed by atoms with Gasteiger partial charge in [0.25, 0.3) is 11.7 Å². The first-order valence-electron chi connectivity index (χ1n) is 5.97. The molecule has 0 aliphatic carbocycles. The van der Waals surface area contributed by atoms with E-state index in [1.54, 1.807) is 24.3 Å². The maximum atomic E-state index is 13.3. The van der Waals surface area contributed by atoms with E-state index in [4.69, 9.17) is 11.6 Å². The third-order valence-electron chi connectivity index (χ3n) is 3.22. The van der Waals surface area contributed by atoms with Crippen LogP contribution in [0.3, 0.4) is 0 Å². The number of hydrogen-bond donors (Lipinski definition) is 0. The third-order valence-corrected chi connectivity index (χ3v) is 3.58. The van der Waals surface area contributed by atoms with Gasteiger partial charge in [-0.2, -0.15) is 0 Å². The lowest BCUT2D eigenvalue weighted by molar-refractivity contribution is -0.114. The van der Waals surface area contributed by atoms with Crippen molar-refractivity contribution in [1.29, 1.82) is 0 Å². The average Bonchev–Trinajstić information content (AvgIpc) is 2.68. The molecule has 0 saturated heterocycles. The number of carbonyl (C=O) groups is 2. The second-order valence-corrected chi connectivity index (χ2v) is 4.88. The zero-order chi connectivity index (χ0) is 14.3. The number of benzene rings is 2. The van der Waals surface area contributed by atoms with Crippen molar-refractivity contribution in [2.45, 2.75) is 6.54 Å². The van der Waals surface area contributed by atoms with Crippen LogP contribution in [0.2, 0.25) is 5.02 Å². The molecule has 3 nitrogen and oxygen atoms in total. The first kappa shape index (κ1) is 12.8. The van der Waals surface area contributed by atoms with Gasteiger partial charge >= 0.3 is 0 Å². The molecule has 0 radical (unpaired) electrons. The molecule has 2 aromatic rings. The molecular formula is C15H9ClFNO2. The minimum absolute atomic E-state index is 0.0676. The number of hydrogen-bond acceptors (Lipinski definition) is 2. The fourth-order valence-corrected chi connectivity index (χ4v) is 2.42. The zero-order valence-electron chi connectivity index (χ0n) is 10.3. The maximum absolute atomic E-state index is 13.3. The number of para-hydroxylation sites is 1. The molecule has 0 N–H and O–H groups in total. The van der Waals surface area contributed by atoms with Crippen molar-refractivity contribution >= 4 is 29.0 Å². The molecule has 1 aliphatic heterocycles. The van der Waals surface area contributed by atoms with E-state index in [-0.39, 0.29) is 6.54 Å². The summed E-state index contributed by atoms with van der Waals surface area (Å²) in [5, 5.41) is 0.357. The Hall–Kier alpha value is -2.20. The number of anilines is 1. The zero-order valence-corrected chi connectivity index (χ0v) is 11.0. The van der Waals surface area contributed by atoms with Crippen LogP contribution in [-0.4, -0.2) is 11.7 Å². The topological polar surface area (TPSA) is 37.4 Å². The first-order chi connectivity index (χ1) is 9.58. The molecule has 1 amide bonds. The highest BCUT2D eigenvalue weighted by Crippen LogP contribution is 2.31. The molecule has 0 saturated carbocycles. The lowest BCUT2D eigenvalue weighted by Gasteiger charge is -2.17. The summed E-state index contributed by atoms with van der Waals surface area (Å²) in [5.41, 5.74) is 1.36. The highest BCUT2D eigenvalue weighted by molar-refractivity contribution is 6.52. The van der Waals surface area contributed by atoms with Crippen LogP contribution < -0.4 is 4.90 Å². The molecule has 0 spiro atoms. The van der Waals surface area contributed by atoms with Gasteiger partial charge in [0.2, 0.25) is 0 Å². The Kier molecular flexibility index (Phi) is 3.03. The second kappa shape index (κ2) is 4.72. The number of Topliss-reactive ketones (excluding diaryl/α,β-unsaturated/α-hetero) is 1. The van der Waals surface area contributed by atoms with Crippen molar-refractivity contribution < 1.29 is 14.0 Å². The Balaban J connectivity index is 2.01. The molecule has 0 fully saturated rings. The van der Waals surface area contributed by atoms with Gasteiger partial charge in [-0.05, 0) is 35.9 Å². The quantitative estimate of drug-likeness (QED) is 0.796. The smallest absolute Gasteiger partial charge is 0.299 e. The molecule has 5 heteroatoms. The summed E-state index contributed by atoms with van der Waals surface area (Å²) < 4.78 is 13.3. The number of ketones is 1. The van der Waals surface area contributed by atoms with Crippen LogP contribution in [0, 0.1) is 5.82 Å². The predicted molar refractivity (Wildman–Crippen MR) is 73.4 cm³/mol. The van der Waals surface area contributed by atoms with Crippen LogP contribution in [0.5, 0.6) is 0 Å².